The first kappa shape index (κ1) is 13.4. The van der Waals surface area contributed by atoms with Gasteiger partial charge in [0, 0.05) is 24.7 Å². The lowest BCUT2D eigenvalue weighted by Gasteiger charge is -2.03. The Bertz CT molecular complexity index is 526. The predicted molar refractivity (Wildman–Crippen MR) is 69.8 cm³/mol. The van der Waals surface area contributed by atoms with Crippen molar-refractivity contribution in [2.75, 3.05) is 11.9 Å². The summed E-state index contributed by atoms with van der Waals surface area (Å²) in [6.45, 7) is 1.48. The summed E-state index contributed by atoms with van der Waals surface area (Å²) in [6, 6.07) is -1.07. The van der Waals surface area contributed by atoms with Crippen LogP contribution in [0.5, 0.6) is 0 Å². The number of hydrogen-bond donors (Lipinski definition) is 3. The lowest BCUT2D eigenvalue weighted by Crippen LogP contribution is -2.21. The molecule has 2 aromatic heterocycles. The molecule has 0 bridgehead atoms. The van der Waals surface area contributed by atoms with E-state index in [4.69, 9.17) is 10.8 Å². The second kappa shape index (κ2) is 6.25. The molecule has 4 N–H and O–H groups in total. The topological polar surface area (TPSA) is 119 Å². The Morgan fingerprint density at radius 2 is 2.47 bits per heavy atom. The zero-order valence-corrected chi connectivity index (χ0v) is 10.9. The van der Waals surface area contributed by atoms with E-state index in [2.05, 4.69) is 20.6 Å². The second-order valence-corrected chi connectivity index (χ2v) is 4.70. The number of thiazole rings is 1. The lowest BCUT2D eigenvalue weighted by atomic mass is 10.2. The van der Waals surface area contributed by atoms with E-state index in [-0.39, 0.29) is 0 Å². The van der Waals surface area contributed by atoms with Crippen molar-refractivity contribution >= 4 is 22.4 Å². The molecule has 0 saturated carbocycles. The Morgan fingerprint density at radius 3 is 3.16 bits per heavy atom. The Balaban J connectivity index is 1.76. The highest BCUT2D eigenvalue weighted by atomic mass is 32.1. The van der Waals surface area contributed by atoms with Crippen LogP contribution in [0.1, 0.15) is 18.2 Å². The van der Waals surface area contributed by atoms with Crippen molar-refractivity contribution in [3.8, 4) is 0 Å². The fourth-order valence-electron chi connectivity index (χ4n) is 1.43. The van der Waals surface area contributed by atoms with E-state index in [1.54, 1.807) is 22.5 Å². The molecule has 0 aliphatic rings. The molecule has 0 aromatic carbocycles. The first-order valence-electron chi connectivity index (χ1n) is 5.68. The number of nitrogens with two attached hydrogens (primary N) is 1. The van der Waals surface area contributed by atoms with Gasteiger partial charge in [-0.1, -0.05) is 5.21 Å². The van der Waals surface area contributed by atoms with E-state index in [0.29, 0.717) is 10.8 Å². The van der Waals surface area contributed by atoms with Gasteiger partial charge in [-0.15, -0.1) is 16.4 Å². The predicted octanol–water partition coefficient (Wildman–Crippen LogP) is 0.321. The third-order valence-corrected chi connectivity index (χ3v) is 3.24. The maximum atomic E-state index is 10.7. The minimum absolute atomic E-state index is 0.372. The average Bonchev–Trinajstić information content (AvgIpc) is 3.05. The van der Waals surface area contributed by atoms with E-state index < -0.39 is 12.0 Å². The largest absolute Gasteiger partial charge is 0.480 e. The number of aryl methyl sites for hydroxylation is 1. The van der Waals surface area contributed by atoms with Crippen LogP contribution in [0.3, 0.4) is 0 Å². The summed E-state index contributed by atoms with van der Waals surface area (Å²) in [4.78, 5) is 14.8. The van der Waals surface area contributed by atoms with Crippen molar-refractivity contribution in [3.63, 3.8) is 0 Å². The highest BCUT2D eigenvalue weighted by molar-refractivity contribution is 7.13. The van der Waals surface area contributed by atoms with Crippen molar-refractivity contribution in [2.24, 2.45) is 5.73 Å². The Hall–Kier alpha value is -2.00. The van der Waals surface area contributed by atoms with Crippen LogP contribution in [0.25, 0.3) is 0 Å². The molecule has 0 saturated heterocycles. The molecule has 0 amide bonds. The monoisotopic (exact) mass is 282 g/mol. The maximum Gasteiger partial charge on any atom is 0.326 e. The smallest absolute Gasteiger partial charge is 0.326 e. The highest BCUT2D eigenvalue weighted by Gasteiger charge is 2.17. The number of rotatable bonds is 7. The van der Waals surface area contributed by atoms with Crippen LogP contribution in [-0.4, -0.2) is 37.6 Å². The summed E-state index contributed by atoms with van der Waals surface area (Å²) in [7, 11) is 0. The third kappa shape index (κ3) is 3.73. The van der Waals surface area contributed by atoms with Crippen LogP contribution in [0.2, 0.25) is 0 Å². The Morgan fingerprint density at radius 1 is 1.63 bits per heavy atom. The number of nitrogens with one attached hydrogen (secondary N) is 1. The summed E-state index contributed by atoms with van der Waals surface area (Å²) >= 11 is 1.34. The molecule has 102 valence electrons. The standard InChI is InChI=1S/C10H14N6O2S/c11-8(9(17)18)7-6-19-10(14-7)12-2-1-4-16-5-3-13-15-16/h3,5-6,8H,1-2,4,11H2,(H,12,14)(H,17,18). The number of aromatic nitrogens is 4. The van der Waals surface area contributed by atoms with Gasteiger partial charge < -0.3 is 16.2 Å². The van der Waals surface area contributed by atoms with Gasteiger partial charge in [0.25, 0.3) is 0 Å². The van der Waals surface area contributed by atoms with E-state index in [1.807, 2.05) is 0 Å². The molecular weight excluding hydrogens is 268 g/mol. The molecular formula is C10H14N6O2S. The molecule has 2 aromatic rings. The first-order chi connectivity index (χ1) is 9.16. The van der Waals surface area contributed by atoms with Crippen molar-refractivity contribution in [3.05, 3.63) is 23.5 Å². The summed E-state index contributed by atoms with van der Waals surface area (Å²) < 4.78 is 1.75. The number of hydrogen-bond acceptors (Lipinski definition) is 7. The molecule has 19 heavy (non-hydrogen) atoms. The number of aliphatic carboxylic acids is 1. The Kier molecular flexibility index (Phi) is 4.42. The maximum absolute atomic E-state index is 10.7. The zero-order valence-electron chi connectivity index (χ0n) is 10.1. The molecule has 2 heterocycles. The van der Waals surface area contributed by atoms with Crippen LogP contribution < -0.4 is 11.1 Å². The highest BCUT2D eigenvalue weighted by Crippen LogP contribution is 2.19. The minimum Gasteiger partial charge on any atom is -0.480 e. The quantitative estimate of drug-likeness (QED) is 0.626. The number of nitrogens with zero attached hydrogens (tertiary/aromatic N) is 4. The van der Waals surface area contributed by atoms with Crippen LogP contribution in [0, 0.1) is 0 Å². The van der Waals surface area contributed by atoms with Crippen molar-refractivity contribution in [2.45, 2.75) is 19.0 Å². The first-order valence-corrected chi connectivity index (χ1v) is 6.56. The van der Waals surface area contributed by atoms with Gasteiger partial charge in [0.15, 0.2) is 5.13 Å². The van der Waals surface area contributed by atoms with Crippen LogP contribution in [-0.2, 0) is 11.3 Å². The number of carboxylic acid groups (broad SMARTS) is 1. The van der Waals surface area contributed by atoms with Crippen LogP contribution in [0.15, 0.2) is 17.8 Å². The summed E-state index contributed by atoms with van der Waals surface area (Å²) in [5.41, 5.74) is 5.84. The summed E-state index contributed by atoms with van der Waals surface area (Å²) in [6.07, 6.45) is 4.30. The average molecular weight is 282 g/mol. The van der Waals surface area contributed by atoms with Crippen LogP contribution in [0.4, 0.5) is 5.13 Å². The molecule has 0 fully saturated rings. The van der Waals surface area contributed by atoms with Crippen LogP contribution >= 0.6 is 11.3 Å². The fourth-order valence-corrected chi connectivity index (χ4v) is 2.20. The van der Waals surface area contributed by atoms with Gasteiger partial charge in [0.2, 0.25) is 0 Å². The molecule has 2 rings (SSSR count). The van der Waals surface area contributed by atoms with Gasteiger partial charge in [-0.2, -0.15) is 0 Å². The number of carbonyl (C=O) groups is 1. The zero-order chi connectivity index (χ0) is 13.7. The van der Waals surface area contributed by atoms with E-state index in [0.717, 1.165) is 19.5 Å². The normalized spacial score (nSPS) is 12.3. The molecule has 9 heteroatoms. The molecule has 8 nitrogen and oxygen atoms in total. The molecule has 0 spiro atoms. The molecule has 1 unspecified atom stereocenters. The van der Waals surface area contributed by atoms with Gasteiger partial charge in [0.05, 0.1) is 11.9 Å². The van der Waals surface area contributed by atoms with Crippen molar-refractivity contribution in [1.82, 2.24) is 20.0 Å². The molecule has 0 radical (unpaired) electrons. The second-order valence-electron chi connectivity index (χ2n) is 3.84. The molecule has 0 aliphatic heterocycles. The van der Waals surface area contributed by atoms with Crippen molar-refractivity contribution in [1.29, 1.82) is 0 Å². The van der Waals surface area contributed by atoms with Gasteiger partial charge in [-0.05, 0) is 6.42 Å². The lowest BCUT2D eigenvalue weighted by molar-refractivity contribution is -0.138. The number of anilines is 1. The molecule has 1 atom stereocenters. The summed E-state index contributed by atoms with van der Waals surface area (Å²) in [5.74, 6) is -1.08. The van der Waals surface area contributed by atoms with E-state index in [1.165, 1.54) is 11.3 Å². The van der Waals surface area contributed by atoms with E-state index in [9.17, 15) is 4.79 Å². The van der Waals surface area contributed by atoms with Gasteiger partial charge in [-0.25, -0.2) is 4.98 Å². The van der Waals surface area contributed by atoms with Gasteiger partial charge in [-0.3, -0.25) is 9.48 Å². The van der Waals surface area contributed by atoms with Gasteiger partial charge in [0.1, 0.15) is 6.04 Å². The van der Waals surface area contributed by atoms with Crippen molar-refractivity contribution < 1.29 is 9.90 Å². The fraction of sp³-hybridized carbons (Fsp3) is 0.400. The Labute approximate surface area is 113 Å². The summed E-state index contributed by atoms with van der Waals surface area (Å²) in [5, 5.41) is 21.8. The SMILES string of the molecule is NC(C(=O)O)c1csc(NCCCn2ccnn2)n1. The molecule has 0 aliphatic carbocycles. The minimum atomic E-state index is -1.08. The van der Waals surface area contributed by atoms with Gasteiger partial charge >= 0.3 is 5.97 Å². The number of carboxylic acids is 1. The third-order valence-electron chi connectivity index (χ3n) is 2.42. The van der Waals surface area contributed by atoms with E-state index >= 15 is 0 Å².